The van der Waals surface area contributed by atoms with Gasteiger partial charge in [0.15, 0.2) is 0 Å². The molecule has 6 heteroatoms. The molecule has 1 saturated carbocycles. The zero-order valence-electron chi connectivity index (χ0n) is 13.8. The van der Waals surface area contributed by atoms with Crippen molar-refractivity contribution in [3.8, 4) is 5.75 Å². The van der Waals surface area contributed by atoms with Crippen molar-refractivity contribution in [1.29, 1.82) is 0 Å². The number of benzene rings is 1. The summed E-state index contributed by atoms with van der Waals surface area (Å²) in [5.41, 5.74) is 1.18. The molecule has 0 spiro atoms. The van der Waals surface area contributed by atoms with Crippen molar-refractivity contribution in [2.75, 3.05) is 24.5 Å². The summed E-state index contributed by atoms with van der Waals surface area (Å²) in [6.07, 6.45) is 8.69. The Morgan fingerprint density at radius 3 is 2.25 bits per heavy atom. The molecule has 24 heavy (non-hydrogen) atoms. The summed E-state index contributed by atoms with van der Waals surface area (Å²) < 4.78 is 32.2. The van der Waals surface area contributed by atoms with Gasteiger partial charge in [0.25, 0.3) is 0 Å². The summed E-state index contributed by atoms with van der Waals surface area (Å²) in [5.74, 6) is 0.866. The molecule has 0 bridgehead atoms. The second-order valence-corrected chi connectivity index (χ2v) is 9.03. The second-order valence-electron chi connectivity index (χ2n) is 6.82. The van der Waals surface area contributed by atoms with Gasteiger partial charge in [-0.15, -0.1) is 0 Å². The molecule has 1 aliphatic carbocycles. The molecular formula is C18H24N2O3S. The lowest BCUT2D eigenvalue weighted by Gasteiger charge is -2.31. The number of hydrogen-bond donors (Lipinski definition) is 0. The van der Waals surface area contributed by atoms with Crippen LogP contribution in [0.2, 0.25) is 0 Å². The van der Waals surface area contributed by atoms with Crippen molar-refractivity contribution in [3.05, 3.63) is 36.5 Å². The molecule has 0 atom stereocenters. The molecule has 4 rings (SSSR count). The van der Waals surface area contributed by atoms with Crippen LogP contribution in [0.25, 0.3) is 0 Å². The van der Waals surface area contributed by atoms with Gasteiger partial charge < -0.3 is 9.64 Å². The number of nitrogens with zero attached hydrogens (tertiary/aromatic N) is 2. The highest BCUT2D eigenvalue weighted by Gasteiger charge is 2.41. The predicted molar refractivity (Wildman–Crippen MR) is 94.7 cm³/mol. The van der Waals surface area contributed by atoms with Crippen LogP contribution in [0.5, 0.6) is 5.75 Å². The molecule has 0 N–H and O–H groups in total. The maximum atomic E-state index is 12.3. The first-order chi connectivity index (χ1) is 11.6. The van der Waals surface area contributed by atoms with Crippen molar-refractivity contribution >= 4 is 15.7 Å². The molecule has 1 saturated heterocycles. The van der Waals surface area contributed by atoms with Crippen LogP contribution in [0, 0.1) is 0 Å². The summed E-state index contributed by atoms with van der Waals surface area (Å²) in [4.78, 5) is 2.23. The molecular weight excluding hydrogens is 324 g/mol. The number of sulfonamides is 1. The Morgan fingerprint density at radius 1 is 0.958 bits per heavy atom. The average molecular weight is 348 g/mol. The molecule has 2 fully saturated rings. The number of rotatable bonds is 5. The number of hydrogen-bond acceptors (Lipinski definition) is 4. The molecule has 0 radical (unpaired) electrons. The van der Waals surface area contributed by atoms with Gasteiger partial charge in [-0.05, 0) is 56.4 Å². The largest absolute Gasteiger partial charge is 0.490 e. The highest BCUT2D eigenvalue weighted by atomic mass is 32.2. The van der Waals surface area contributed by atoms with Crippen molar-refractivity contribution in [2.45, 2.75) is 43.5 Å². The Bertz CT molecular complexity index is 702. The van der Waals surface area contributed by atoms with E-state index in [9.17, 15) is 8.42 Å². The normalized spacial score (nSPS) is 22.9. The van der Waals surface area contributed by atoms with Crippen LogP contribution >= 0.6 is 0 Å². The third-order valence-electron chi connectivity index (χ3n) is 5.00. The summed E-state index contributed by atoms with van der Waals surface area (Å²) in [6, 6.07) is 8.18. The number of piperidine rings is 1. The minimum atomic E-state index is -3.03. The fraction of sp³-hybridized carbons (Fsp3) is 0.556. The van der Waals surface area contributed by atoms with Crippen molar-refractivity contribution in [1.82, 2.24) is 4.31 Å². The third-order valence-corrected chi connectivity index (χ3v) is 7.40. The van der Waals surface area contributed by atoms with E-state index in [-0.39, 0.29) is 11.4 Å². The summed E-state index contributed by atoms with van der Waals surface area (Å²) in [6.45, 7) is 2.20. The van der Waals surface area contributed by atoms with E-state index in [1.165, 1.54) is 5.69 Å². The van der Waals surface area contributed by atoms with E-state index in [4.69, 9.17) is 4.74 Å². The fourth-order valence-electron chi connectivity index (χ4n) is 3.39. The van der Waals surface area contributed by atoms with Crippen LogP contribution in [-0.2, 0) is 10.0 Å². The molecule has 2 heterocycles. The third kappa shape index (κ3) is 3.30. The van der Waals surface area contributed by atoms with E-state index in [1.54, 1.807) is 4.31 Å². The van der Waals surface area contributed by atoms with E-state index >= 15 is 0 Å². The highest BCUT2D eigenvalue weighted by Crippen LogP contribution is 2.33. The molecule has 2 aliphatic heterocycles. The van der Waals surface area contributed by atoms with Gasteiger partial charge in [-0.1, -0.05) is 6.08 Å². The van der Waals surface area contributed by atoms with Crippen LogP contribution < -0.4 is 9.64 Å². The maximum absolute atomic E-state index is 12.3. The minimum absolute atomic E-state index is 0.105. The molecule has 5 nitrogen and oxygen atoms in total. The molecule has 0 amide bonds. The van der Waals surface area contributed by atoms with Crippen molar-refractivity contribution in [3.63, 3.8) is 0 Å². The number of ether oxygens (including phenoxy) is 1. The molecule has 1 aromatic carbocycles. The van der Waals surface area contributed by atoms with E-state index < -0.39 is 10.0 Å². The Morgan fingerprint density at radius 2 is 1.67 bits per heavy atom. The number of anilines is 1. The van der Waals surface area contributed by atoms with E-state index in [1.807, 2.05) is 12.1 Å². The first-order valence-electron chi connectivity index (χ1n) is 8.82. The van der Waals surface area contributed by atoms with E-state index in [0.717, 1.165) is 44.4 Å². The second kappa shape index (κ2) is 6.41. The van der Waals surface area contributed by atoms with Crippen LogP contribution in [-0.4, -0.2) is 43.7 Å². The van der Waals surface area contributed by atoms with Crippen LogP contribution in [0.1, 0.15) is 32.1 Å². The van der Waals surface area contributed by atoms with Gasteiger partial charge in [0, 0.05) is 31.5 Å². The zero-order valence-corrected chi connectivity index (χ0v) is 14.6. The Hall–Kier alpha value is -1.53. The predicted octanol–water partition coefficient (Wildman–Crippen LogP) is 2.75. The van der Waals surface area contributed by atoms with Gasteiger partial charge in [-0.25, -0.2) is 12.7 Å². The van der Waals surface area contributed by atoms with Gasteiger partial charge >= 0.3 is 0 Å². The lowest BCUT2D eigenvalue weighted by molar-refractivity contribution is 0.135. The summed E-state index contributed by atoms with van der Waals surface area (Å²) in [5, 5.41) is -0.109. The maximum Gasteiger partial charge on any atom is 0.216 e. The van der Waals surface area contributed by atoms with Gasteiger partial charge in [0.2, 0.25) is 10.0 Å². The quantitative estimate of drug-likeness (QED) is 0.821. The van der Waals surface area contributed by atoms with Gasteiger partial charge in [0.05, 0.1) is 5.25 Å². The van der Waals surface area contributed by atoms with E-state index in [2.05, 4.69) is 29.3 Å². The van der Waals surface area contributed by atoms with Crippen molar-refractivity contribution < 1.29 is 13.2 Å². The molecule has 0 aromatic heterocycles. The van der Waals surface area contributed by atoms with Crippen molar-refractivity contribution in [2.24, 2.45) is 0 Å². The summed E-state index contributed by atoms with van der Waals surface area (Å²) in [7, 11) is -3.03. The minimum Gasteiger partial charge on any atom is -0.490 e. The standard InChI is InChI=1S/C18H24N2O3S/c21-24(22,18-7-8-18)20-13-9-17(10-14-20)23-16-5-3-15(4-6-16)19-11-1-2-12-19/h1,3-6,11,17-18H,2,7-10,12-14H2. The molecule has 0 unspecified atom stereocenters. The first kappa shape index (κ1) is 16.0. The van der Waals surface area contributed by atoms with Gasteiger partial charge in [-0.3, -0.25) is 0 Å². The topological polar surface area (TPSA) is 49.9 Å². The average Bonchev–Trinajstić information content (AvgIpc) is 3.33. The van der Waals surface area contributed by atoms with Crippen LogP contribution in [0.3, 0.4) is 0 Å². The Balaban J connectivity index is 1.31. The van der Waals surface area contributed by atoms with Crippen LogP contribution in [0.15, 0.2) is 36.5 Å². The Labute approximate surface area is 143 Å². The zero-order chi connectivity index (χ0) is 16.6. The molecule has 130 valence electrons. The smallest absolute Gasteiger partial charge is 0.216 e. The first-order valence-corrected chi connectivity index (χ1v) is 10.3. The summed E-state index contributed by atoms with van der Waals surface area (Å²) >= 11 is 0. The fourth-order valence-corrected chi connectivity index (χ4v) is 5.27. The monoisotopic (exact) mass is 348 g/mol. The van der Waals surface area contributed by atoms with E-state index in [0.29, 0.717) is 13.1 Å². The lowest BCUT2D eigenvalue weighted by atomic mass is 10.1. The molecule has 3 aliphatic rings. The van der Waals surface area contributed by atoms with Crippen LogP contribution in [0.4, 0.5) is 5.69 Å². The molecule has 1 aromatic rings. The lowest BCUT2D eigenvalue weighted by Crippen LogP contribution is -2.43. The highest BCUT2D eigenvalue weighted by molar-refractivity contribution is 7.90. The van der Waals surface area contributed by atoms with Gasteiger partial charge in [-0.2, -0.15) is 0 Å². The Kier molecular flexibility index (Phi) is 4.26. The van der Waals surface area contributed by atoms with Gasteiger partial charge in [0.1, 0.15) is 11.9 Å². The SMILES string of the molecule is O=S(=O)(C1CC1)N1CCC(Oc2ccc(N3C=CCC3)cc2)CC1.